The first-order valence-corrected chi connectivity index (χ1v) is 8.04. The van der Waals surface area contributed by atoms with Gasteiger partial charge in [-0.05, 0) is 6.26 Å². The maximum atomic E-state index is 10.2. The molecule has 1 fully saturated rings. The lowest BCUT2D eigenvalue weighted by Gasteiger charge is -2.17. The summed E-state index contributed by atoms with van der Waals surface area (Å²) < 4.78 is 7.29. The third kappa shape index (κ3) is 2.55. The molecule has 5 atom stereocenters. The summed E-state index contributed by atoms with van der Waals surface area (Å²) in [5.74, 6) is 1.01. The molecule has 0 saturated carbocycles. The molecule has 0 bridgehead atoms. The van der Waals surface area contributed by atoms with Crippen molar-refractivity contribution in [3.63, 3.8) is 0 Å². The van der Waals surface area contributed by atoms with Gasteiger partial charge in [-0.2, -0.15) is 11.8 Å². The molecule has 2 aliphatic rings. The molecule has 3 rings (SSSR count). The van der Waals surface area contributed by atoms with Gasteiger partial charge in [0.15, 0.2) is 12.0 Å². The van der Waals surface area contributed by atoms with Gasteiger partial charge in [0.2, 0.25) is 0 Å². The van der Waals surface area contributed by atoms with Gasteiger partial charge in [-0.1, -0.05) is 0 Å². The Balaban J connectivity index is 1.91. The summed E-state index contributed by atoms with van der Waals surface area (Å²) >= 11 is 1.54. The van der Waals surface area contributed by atoms with E-state index in [1.807, 2.05) is 6.26 Å². The third-order valence-electron chi connectivity index (χ3n) is 3.64. The number of hydrogen-bond donors (Lipinski definition) is 4. The van der Waals surface area contributed by atoms with E-state index >= 15 is 0 Å². The van der Waals surface area contributed by atoms with E-state index in [0.717, 1.165) is 0 Å². The van der Waals surface area contributed by atoms with Crippen molar-refractivity contribution in [3.8, 4) is 0 Å². The largest absolute Gasteiger partial charge is 0.387 e. The molecule has 0 aromatic carbocycles. The average molecular weight is 314 g/mol. The first-order valence-electron chi connectivity index (χ1n) is 6.64. The smallest absolute Gasteiger partial charge is 0.165 e. The molecule has 4 unspecified atom stereocenters. The van der Waals surface area contributed by atoms with Crippen LogP contribution in [0, 0.1) is 0 Å². The second-order valence-corrected chi connectivity index (χ2v) is 5.96. The predicted molar refractivity (Wildman–Crippen MR) is 77.6 cm³/mol. The van der Waals surface area contributed by atoms with Crippen molar-refractivity contribution in [3.05, 3.63) is 12.0 Å². The van der Waals surface area contributed by atoms with Crippen LogP contribution in [0.15, 0.2) is 11.3 Å². The molecule has 0 radical (unpaired) electrons. The Kier molecular flexibility index (Phi) is 4.18. The molecular formula is C12H18N4O4S. The van der Waals surface area contributed by atoms with E-state index in [-0.39, 0.29) is 0 Å². The SMILES string of the molecule is CSCC1OC(n2cnc3c2N=CNCC3O)[C@@H](O)C1O. The Bertz CT molecular complexity index is 537. The molecule has 0 amide bonds. The zero-order chi connectivity index (χ0) is 15.0. The highest BCUT2D eigenvalue weighted by atomic mass is 32.2. The number of aliphatic hydroxyl groups is 3. The number of aliphatic imine (C=N–C) groups is 1. The monoisotopic (exact) mass is 314 g/mol. The highest BCUT2D eigenvalue weighted by Gasteiger charge is 2.44. The van der Waals surface area contributed by atoms with Crippen molar-refractivity contribution in [1.82, 2.24) is 14.9 Å². The molecule has 0 aliphatic carbocycles. The van der Waals surface area contributed by atoms with Crippen LogP contribution in [-0.2, 0) is 4.74 Å². The molecule has 1 aromatic rings. The Morgan fingerprint density at radius 3 is 3.00 bits per heavy atom. The quantitative estimate of drug-likeness (QED) is 0.575. The van der Waals surface area contributed by atoms with Crippen LogP contribution >= 0.6 is 11.8 Å². The van der Waals surface area contributed by atoms with E-state index in [4.69, 9.17) is 4.74 Å². The second kappa shape index (κ2) is 5.93. The summed E-state index contributed by atoms with van der Waals surface area (Å²) in [5.41, 5.74) is 0.426. The van der Waals surface area contributed by atoms with E-state index in [1.54, 1.807) is 4.57 Å². The van der Waals surface area contributed by atoms with E-state index in [1.165, 1.54) is 24.4 Å². The van der Waals surface area contributed by atoms with Crippen molar-refractivity contribution in [2.45, 2.75) is 30.6 Å². The van der Waals surface area contributed by atoms with Crippen LogP contribution in [0.3, 0.4) is 0 Å². The molecule has 4 N–H and O–H groups in total. The number of fused-ring (bicyclic) bond motifs is 1. The molecular weight excluding hydrogens is 296 g/mol. The number of ether oxygens (including phenoxy) is 1. The minimum Gasteiger partial charge on any atom is -0.387 e. The van der Waals surface area contributed by atoms with E-state index in [9.17, 15) is 15.3 Å². The molecule has 8 nitrogen and oxygen atoms in total. The van der Waals surface area contributed by atoms with Gasteiger partial charge in [-0.25, -0.2) is 9.98 Å². The summed E-state index contributed by atoms with van der Waals surface area (Å²) in [4.78, 5) is 8.35. The number of β-amino-alcohol motifs (C(OH)–C–C–N with tert-alkyl or cyclic N) is 1. The lowest BCUT2D eigenvalue weighted by Crippen LogP contribution is -2.32. The molecule has 3 heterocycles. The van der Waals surface area contributed by atoms with Crippen LogP contribution < -0.4 is 5.32 Å². The zero-order valence-electron chi connectivity index (χ0n) is 11.5. The summed E-state index contributed by atoms with van der Waals surface area (Å²) in [5, 5.41) is 33.1. The summed E-state index contributed by atoms with van der Waals surface area (Å²) in [7, 11) is 0. The molecule has 21 heavy (non-hydrogen) atoms. The van der Waals surface area contributed by atoms with Crippen LogP contribution in [0.25, 0.3) is 0 Å². The second-order valence-electron chi connectivity index (χ2n) is 5.04. The highest BCUT2D eigenvalue weighted by molar-refractivity contribution is 7.98. The number of aliphatic hydroxyl groups excluding tert-OH is 3. The highest BCUT2D eigenvalue weighted by Crippen LogP contribution is 2.36. The molecule has 2 aliphatic heterocycles. The van der Waals surface area contributed by atoms with Crippen LogP contribution in [0.4, 0.5) is 5.82 Å². The molecule has 1 aromatic heterocycles. The Morgan fingerprint density at radius 2 is 2.24 bits per heavy atom. The van der Waals surface area contributed by atoms with Crippen molar-refractivity contribution in [2.24, 2.45) is 4.99 Å². The van der Waals surface area contributed by atoms with E-state index in [2.05, 4.69) is 15.3 Å². The van der Waals surface area contributed by atoms with Crippen LogP contribution in [0.5, 0.6) is 0 Å². The maximum absolute atomic E-state index is 10.2. The average Bonchev–Trinajstić information content (AvgIpc) is 2.94. The Morgan fingerprint density at radius 1 is 1.43 bits per heavy atom. The maximum Gasteiger partial charge on any atom is 0.165 e. The first kappa shape index (κ1) is 14.8. The van der Waals surface area contributed by atoms with Gasteiger partial charge in [0, 0.05) is 12.3 Å². The van der Waals surface area contributed by atoms with Gasteiger partial charge in [-0.15, -0.1) is 0 Å². The number of nitrogens with one attached hydrogen (secondary N) is 1. The van der Waals surface area contributed by atoms with E-state index < -0.39 is 30.6 Å². The Hall–Kier alpha value is -1.13. The fraction of sp³-hybridized carbons (Fsp3) is 0.667. The van der Waals surface area contributed by atoms with Crippen molar-refractivity contribution in [1.29, 1.82) is 0 Å². The van der Waals surface area contributed by atoms with Gasteiger partial charge in [0.1, 0.15) is 24.0 Å². The fourth-order valence-corrected chi connectivity index (χ4v) is 3.16. The minimum atomic E-state index is -1.07. The van der Waals surface area contributed by atoms with Crippen LogP contribution in [-0.4, -0.2) is 68.1 Å². The summed E-state index contributed by atoms with van der Waals surface area (Å²) in [6.07, 6.45) is 0.831. The van der Waals surface area contributed by atoms with Gasteiger partial charge >= 0.3 is 0 Å². The van der Waals surface area contributed by atoms with Gasteiger partial charge in [0.05, 0.1) is 18.8 Å². The lowest BCUT2D eigenvalue weighted by molar-refractivity contribution is -0.0301. The van der Waals surface area contributed by atoms with Crippen molar-refractivity contribution >= 4 is 23.9 Å². The standard InChI is InChI=1S/C12H18N4O4S/c1-21-3-7-9(18)10(19)12(20-7)16-5-15-8-6(17)2-13-4-14-11(8)16/h4-7,9-10,12,17-19H,2-3H2,1H3,(H,13,14)/t6?,7?,9?,10-,12?/m0/s1. The summed E-state index contributed by atoms with van der Waals surface area (Å²) in [6, 6.07) is 0. The van der Waals surface area contributed by atoms with Gasteiger partial charge < -0.3 is 25.4 Å². The number of nitrogens with zero attached hydrogens (tertiary/aromatic N) is 3. The number of rotatable bonds is 3. The van der Waals surface area contributed by atoms with Gasteiger partial charge in [0.25, 0.3) is 0 Å². The van der Waals surface area contributed by atoms with E-state index in [0.29, 0.717) is 23.8 Å². The van der Waals surface area contributed by atoms with Crippen LogP contribution in [0.2, 0.25) is 0 Å². The first-order chi connectivity index (χ1) is 10.1. The fourth-order valence-electron chi connectivity index (χ4n) is 2.55. The minimum absolute atomic E-state index is 0.319. The Labute approximate surface area is 125 Å². The van der Waals surface area contributed by atoms with Crippen molar-refractivity contribution in [2.75, 3.05) is 18.6 Å². The molecule has 0 spiro atoms. The molecule has 9 heteroatoms. The number of thioether (sulfide) groups is 1. The third-order valence-corrected chi connectivity index (χ3v) is 4.30. The zero-order valence-corrected chi connectivity index (χ0v) is 12.3. The van der Waals surface area contributed by atoms with Crippen molar-refractivity contribution < 1.29 is 20.1 Å². The number of aromatic nitrogens is 2. The summed E-state index contributed by atoms with van der Waals surface area (Å²) in [6.45, 7) is 0.319. The lowest BCUT2D eigenvalue weighted by atomic mass is 10.1. The normalized spacial score (nSPS) is 35.3. The topological polar surface area (TPSA) is 112 Å². The number of hydrogen-bond acceptors (Lipinski definition) is 8. The van der Waals surface area contributed by atoms with Crippen LogP contribution in [0.1, 0.15) is 18.0 Å². The predicted octanol–water partition coefficient (Wildman–Crippen LogP) is -0.838. The number of imidazole rings is 1. The molecule has 1 saturated heterocycles. The van der Waals surface area contributed by atoms with Gasteiger partial charge in [-0.3, -0.25) is 4.57 Å². The molecule has 116 valence electrons.